The predicted molar refractivity (Wildman–Crippen MR) is 52.5 cm³/mol. The van der Waals surface area contributed by atoms with E-state index >= 15 is 0 Å². The van der Waals surface area contributed by atoms with E-state index in [1.807, 2.05) is 0 Å². The summed E-state index contributed by atoms with van der Waals surface area (Å²) in [7, 11) is 0. The highest BCUT2D eigenvalue weighted by atomic mass is 16.3. The SMILES string of the molecule is CC(O)CCO.OC1CCCCC1. The van der Waals surface area contributed by atoms with Crippen molar-refractivity contribution >= 4 is 0 Å². The molecular formula is C10H22O3. The van der Waals surface area contributed by atoms with Crippen LogP contribution >= 0.6 is 0 Å². The molecule has 3 heteroatoms. The molecule has 0 aromatic rings. The maximum Gasteiger partial charge on any atom is 0.0540 e. The van der Waals surface area contributed by atoms with Crippen molar-refractivity contribution < 1.29 is 15.3 Å². The average molecular weight is 190 g/mol. The topological polar surface area (TPSA) is 60.7 Å². The number of aliphatic hydroxyl groups is 3. The summed E-state index contributed by atoms with van der Waals surface area (Å²) in [4.78, 5) is 0. The smallest absolute Gasteiger partial charge is 0.0540 e. The summed E-state index contributed by atoms with van der Waals surface area (Å²) in [6.45, 7) is 1.73. The normalized spacial score (nSPS) is 20.3. The quantitative estimate of drug-likeness (QED) is 0.610. The van der Waals surface area contributed by atoms with Gasteiger partial charge in [0.15, 0.2) is 0 Å². The van der Waals surface area contributed by atoms with Gasteiger partial charge in [0.1, 0.15) is 0 Å². The summed E-state index contributed by atoms with van der Waals surface area (Å²) >= 11 is 0. The fraction of sp³-hybridized carbons (Fsp3) is 1.00. The van der Waals surface area contributed by atoms with E-state index in [0.29, 0.717) is 6.42 Å². The van der Waals surface area contributed by atoms with Crippen LogP contribution in [-0.2, 0) is 0 Å². The van der Waals surface area contributed by atoms with E-state index in [1.165, 1.54) is 19.3 Å². The largest absolute Gasteiger partial charge is 0.396 e. The second kappa shape index (κ2) is 8.48. The van der Waals surface area contributed by atoms with E-state index in [0.717, 1.165) is 12.8 Å². The summed E-state index contributed by atoms with van der Waals surface area (Å²) < 4.78 is 0. The van der Waals surface area contributed by atoms with Crippen LogP contribution in [0, 0.1) is 0 Å². The molecule has 1 atom stereocenters. The molecule has 1 fully saturated rings. The van der Waals surface area contributed by atoms with E-state index in [9.17, 15) is 0 Å². The van der Waals surface area contributed by atoms with Crippen LogP contribution in [0.5, 0.6) is 0 Å². The van der Waals surface area contributed by atoms with Crippen molar-refractivity contribution in [2.75, 3.05) is 6.61 Å². The van der Waals surface area contributed by atoms with Crippen LogP contribution in [0.1, 0.15) is 45.4 Å². The molecule has 0 saturated heterocycles. The van der Waals surface area contributed by atoms with E-state index in [-0.39, 0.29) is 18.8 Å². The Morgan fingerprint density at radius 2 is 1.77 bits per heavy atom. The lowest BCUT2D eigenvalue weighted by Gasteiger charge is -2.14. The number of hydrogen-bond donors (Lipinski definition) is 3. The van der Waals surface area contributed by atoms with Crippen molar-refractivity contribution in [1.82, 2.24) is 0 Å². The lowest BCUT2D eigenvalue weighted by atomic mass is 9.98. The predicted octanol–water partition coefficient (Wildman–Crippen LogP) is 1.06. The van der Waals surface area contributed by atoms with E-state index in [4.69, 9.17) is 15.3 Å². The van der Waals surface area contributed by atoms with Crippen molar-refractivity contribution in [3.8, 4) is 0 Å². The zero-order valence-electron chi connectivity index (χ0n) is 8.45. The minimum absolute atomic E-state index is 0.0359. The molecule has 0 aromatic carbocycles. The van der Waals surface area contributed by atoms with Gasteiger partial charge in [0, 0.05) is 6.61 Å². The summed E-state index contributed by atoms with van der Waals surface area (Å²) in [5, 5.41) is 25.4. The maximum absolute atomic E-state index is 8.91. The first kappa shape index (κ1) is 12.9. The summed E-state index contributed by atoms with van der Waals surface area (Å²) in [5.74, 6) is 0. The van der Waals surface area contributed by atoms with Gasteiger partial charge >= 0.3 is 0 Å². The highest BCUT2D eigenvalue weighted by Crippen LogP contribution is 2.16. The molecule has 0 bridgehead atoms. The van der Waals surface area contributed by atoms with Crippen molar-refractivity contribution in [2.45, 2.75) is 57.7 Å². The Kier molecular flexibility index (Phi) is 8.40. The van der Waals surface area contributed by atoms with Gasteiger partial charge in [0.25, 0.3) is 0 Å². The minimum Gasteiger partial charge on any atom is -0.396 e. The third-order valence-corrected chi connectivity index (χ3v) is 2.12. The van der Waals surface area contributed by atoms with Gasteiger partial charge in [-0.15, -0.1) is 0 Å². The van der Waals surface area contributed by atoms with Gasteiger partial charge in [0.05, 0.1) is 12.2 Å². The standard InChI is InChI=1S/C6H12O.C4H10O2/c7-6-4-2-1-3-5-6;1-4(6)2-3-5/h6-7H,1-5H2;4-6H,2-3H2,1H3. The minimum atomic E-state index is -0.352. The Morgan fingerprint density at radius 1 is 1.23 bits per heavy atom. The highest BCUT2D eigenvalue weighted by Gasteiger charge is 2.07. The zero-order valence-corrected chi connectivity index (χ0v) is 8.45. The summed E-state index contributed by atoms with van der Waals surface area (Å²) in [6, 6.07) is 0. The second-order valence-corrected chi connectivity index (χ2v) is 3.65. The summed E-state index contributed by atoms with van der Waals surface area (Å²) in [5.41, 5.74) is 0. The first-order valence-corrected chi connectivity index (χ1v) is 5.13. The average Bonchev–Trinajstić information content (AvgIpc) is 2.06. The van der Waals surface area contributed by atoms with E-state index in [1.54, 1.807) is 6.92 Å². The van der Waals surface area contributed by atoms with Crippen molar-refractivity contribution in [2.24, 2.45) is 0 Å². The van der Waals surface area contributed by atoms with Gasteiger partial charge in [-0.3, -0.25) is 0 Å². The monoisotopic (exact) mass is 190 g/mol. The lowest BCUT2D eigenvalue weighted by molar-refractivity contribution is 0.130. The molecule has 0 radical (unpaired) electrons. The van der Waals surface area contributed by atoms with E-state index in [2.05, 4.69) is 0 Å². The molecule has 0 amide bonds. The highest BCUT2D eigenvalue weighted by molar-refractivity contribution is 4.61. The van der Waals surface area contributed by atoms with Crippen LogP contribution < -0.4 is 0 Å². The zero-order chi connectivity index (χ0) is 10.1. The summed E-state index contributed by atoms with van der Waals surface area (Å²) in [6.07, 6.45) is 6.06. The second-order valence-electron chi connectivity index (χ2n) is 3.65. The molecule has 80 valence electrons. The van der Waals surface area contributed by atoms with Gasteiger partial charge in [-0.25, -0.2) is 0 Å². The molecule has 1 aliphatic rings. The fourth-order valence-electron chi connectivity index (χ4n) is 1.27. The third kappa shape index (κ3) is 9.80. The Bertz CT molecular complexity index is 98.3. The Hall–Kier alpha value is -0.120. The Balaban J connectivity index is 0.000000226. The van der Waals surface area contributed by atoms with Crippen LogP contribution in [0.25, 0.3) is 0 Å². The maximum atomic E-state index is 8.91. The number of hydrogen-bond acceptors (Lipinski definition) is 3. The molecule has 3 N–H and O–H groups in total. The van der Waals surface area contributed by atoms with E-state index < -0.39 is 0 Å². The van der Waals surface area contributed by atoms with Crippen molar-refractivity contribution in [3.05, 3.63) is 0 Å². The van der Waals surface area contributed by atoms with Crippen LogP contribution in [0.15, 0.2) is 0 Å². The lowest BCUT2D eigenvalue weighted by Crippen LogP contribution is -2.09. The molecule has 1 aliphatic carbocycles. The Labute approximate surface area is 80.4 Å². The van der Waals surface area contributed by atoms with Gasteiger partial charge in [-0.05, 0) is 26.2 Å². The molecule has 3 nitrogen and oxygen atoms in total. The number of rotatable bonds is 2. The molecular weight excluding hydrogens is 168 g/mol. The first-order valence-electron chi connectivity index (χ1n) is 5.13. The molecule has 0 heterocycles. The van der Waals surface area contributed by atoms with Gasteiger partial charge in [-0.2, -0.15) is 0 Å². The van der Waals surface area contributed by atoms with Gasteiger partial charge in [-0.1, -0.05) is 19.3 Å². The van der Waals surface area contributed by atoms with Crippen LogP contribution in [0.2, 0.25) is 0 Å². The molecule has 1 unspecified atom stereocenters. The molecule has 1 rings (SSSR count). The number of aliphatic hydroxyl groups excluding tert-OH is 3. The molecule has 1 saturated carbocycles. The fourth-order valence-corrected chi connectivity index (χ4v) is 1.27. The molecule has 13 heavy (non-hydrogen) atoms. The van der Waals surface area contributed by atoms with Crippen LogP contribution in [0.3, 0.4) is 0 Å². The Morgan fingerprint density at radius 3 is 1.92 bits per heavy atom. The van der Waals surface area contributed by atoms with Crippen LogP contribution in [-0.4, -0.2) is 34.1 Å². The van der Waals surface area contributed by atoms with Gasteiger partial charge in [0.2, 0.25) is 0 Å². The first-order chi connectivity index (χ1) is 6.16. The molecule has 0 spiro atoms. The molecule has 0 aliphatic heterocycles. The van der Waals surface area contributed by atoms with Gasteiger partial charge < -0.3 is 15.3 Å². The van der Waals surface area contributed by atoms with Crippen molar-refractivity contribution in [3.63, 3.8) is 0 Å². The van der Waals surface area contributed by atoms with Crippen molar-refractivity contribution in [1.29, 1.82) is 0 Å². The third-order valence-electron chi connectivity index (χ3n) is 2.12. The molecule has 0 aromatic heterocycles. The van der Waals surface area contributed by atoms with Crippen LogP contribution in [0.4, 0.5) is 0 Å².